The largest absolute Gasteiger partial charge is 0.453 e. The van der Waals surface area contributed by atoms with E-state index in [1.54, 1.807) is 9.91 Å². The molecule has 1 aromatic heterocycles. The monoisotopic (exact) mass is 771 g/mol. The van der Waals surface area contributed by atoms with Gasteiger partial charge in [-0.1, -0.05) is 88.7 Å². The molecule has 13 nitrogen and oxygen atoms in total. The third-order valence-corrected chi connectivity index (χ3v) is 10.6. The predicted octanol–water partition coefficient (Wildman–Crippen LogP) is 4.96. The number of nitrogens with zero attached hydrogens (tertiary/aromatic N) is 3. The lowest BCUT2D eigenvalue weighted by atomic mass is 9.83. The number of aromatic nitrogens is 1. The number of urea groups is 1. The molecular formula is C43H61N7O6. The van der Waals surface area contributed by atoms with Crippen molar-refractivity contribution in [3.05, 3.63) is 100 Å². The van der Waals surface area contributed by atoms with Crippen molar-refractivity contribution in [1.29, 1.82) is 0 Å². The second kappa shape index (κ2) is 20.2. The van der Waals surface area contributed by atoms with Crippen molar-refractivity contribution in [3.63, 3.8) is 0 Å². The van der Waals surface area contributed by atoms with E-state index in [-0.39, 0.29) is 49.8 Å². The van der Waals surface area contributed by atoms with Crippen LogP contribution < -0.4 is 21.4 Å². The van der Waals surface area contributed by atoms with Crippen LogP contribution in [0.2, 0.25) is 0 Å². The van der Waals surface area contributed by atoms with E-state index in [9.17, 15) is 24.3 Å². The Labute approximate surface area is 331 Å². The highest BCUT2D eigenvalue weighted by Gasteiger charge is 2.43. The number of pyridine rings is 1. The van der Waals surface area contributed by atoms with Gasteiger partial charge in [0.05, 0.1) is 43.5 Å². The molecule has 0 saturated carbocycles. The van der Waals surface area contributed by atoms with Crippen LogP contribution >= 0.6 is 0 Å². The number of benzene rings is 2. The van der Waals surface area contributed by atoms with E-state index in [1.165, 1.54) is 7.11 Å². The zero-order valence-corrected chi connectivity index (χ0v) is 34.2. The van der Waals surface area contributed by atoms with Crippen LogP contribution in [0.25, 0.3) is 0 Å². The quantitative estimate of drug-likeness (QED) is 0.107. The topological polar surface area (TPSA) is 165 Å². The minimum absolute atomic E-state index is 0.0000950. The van der Waals surface area contributed by atoms with Crippen LogP contribution in [0.4, 0.5) is 9.59 Å². The smallest absolute Gasteiger partial charge is 0.406 e. The molecule has 2 heterocycles. The molecule has 5 atom stereocenters. The maximum absolute atomic E-state index is 14.6. The zero-order valence-electron chi connectivity index (χ0n) is 34.2. The standard InChI is InChI=1S/C43H61N7O6/c1-9-28(2)39(36-23-44-41(54)50(36)25-34-17-13-14-31(5)46-34)40(53)47-35(21-32-15-11-10-12-16-32)37(51)26-49(24-33-19-18-29(3)30(4)20-33)48-38(52)22-43(6,7)27-45-42(55)56-8/h10-20,28,35-37,39,51H,9,21-27H2,1-8H3,(H,44,54)(H,45,55)(H,47,53)(H,48,52). The van der Waals surface area contributed by atoms with Gasteiger partial charge in [0, 0.05) is 38.3 Å². The highest BCUT2D eigenvalue weighted by molar-refractivity contribution is 5.83. The molecule has 4 rings (SSSR count). The summed E-state index contributed by atoms with van der Waals surface area (Å²) in [6, 6.07) is 20.0. The lowest BCUT2D eigenvalue weighted by Gasteiger charge is -2.36. The Morgan fingerprint density at radius 2 is 1.77 bits per heavy atom. The second-order valence-corrected chi connectivity index (χ2v) is 16.0. The fourth-order valence-electron chi connectivity index (χ4n) is 7.14. The van der Waals surface area contributed by atoms with Crippen molar-refractivity contribution in [2.75, 3.05) is 26.7 Å². The van der Waals surface area contributed by atoms with E-state index in [4.69, 9.17) is 4.74 Å². The summed E-state index contributed by atoms with van der Waals surface area (Å²) >= 11 is 0. The Balaban J connectivity index is 1.60. The number of hydrazine groups is 1. The van der Waals surface area contributed by atoms with Crippen molar-refractivity contribution in [2.24, 2.45) is 17.3 Å². The number of hydrogen-bond donors (Lipinski definition) is 5. The Hall–Kier alpha value is -5.01. The number of carbonyl (C=O) groups is 4. The Bertz CT molecular complexity index is 1790. The first-order chi connectivity index (χ1) is 26.6. The van der Waals surface area contributed by atoms with Gasteiger partial charge in [-0.25, -0.2) is 14.6 Å². The first-order valence-electron chi connectivity index (χ1n) is 19.5. The molecule has 0 aliphatic carbocycles. The van der Waals surface area contributed by atoms with Gasteiger partial charge in [-0.15, -0.1) is 0 Å². The van der Waals surface area contributed by atoms with Gasteiger partial charge in [0.25, 0.3) is 0 Å². The summed E-state index contributed by atoms with van der Waals surface area (Å²) in [4.78, 5) is 59.4. The number of carbonyl (C=O) groups excluding carboxylic acids is 4. The van der Waals surface area contributed by atoms with Crippen LogP contribution in [0, 0.1) is 38.0 Å². The normalized spacial score (nSPS) is 16.4. The minimum Gasteiger partial charge on any atom is -0.453 e. The average molecular weight is 772 g/mol. The van der Waals surface area contributed by atoms with Gasteiger partial charge in [0.2, 0.25) is 11.8 Å². The predicted molar refractivity (Wildman–Crippen MR) is 216 cm³/mol. The number of nitrogens with one attached hydrogen (secondary N) is 4. The van der Waals surface area contributed by atoms with Gasteiger partial charge in [0.1, 0.15) is 0 Å². The molecule has 2 aromatic carbocycles. The molecule has 5 N–H and O–H groups in total. The summed E-state index contributed by atoms with van der Waals surface area (Å²) in [6.45, 7) is 14.8. The molecule has 304 valence electrons. The number of hydrogen-bond acceptors (Lipinski definition) is 8. The Morgan fingerprint density at radius 3 is 2.43 bits per heavy atom. The van der Waals surface area contributed by atoms with E-state index in [0.717, 1.165) is 33.6 Å². The summed E-state index contributed by atoms with van der Waals surface area (Å²) in [5.41, 5.74) is 8.09. The Morgan fingerprint density at radius 1 is 1.04 bits per heavy atom. The summed E-state index contributed by atoms with van der Waals surface area (Å²) in [5.74, 6) is -1.22. The fraction of sp³-hybridized carbons (Fsp3) is 0.512. The second-order valence-electron chi connectivity index (χ2n) is 16.0. The lowest BCUT2D eigenvalue weighted by molar-refractivity contribution is -0.132. The zero-order chi connectivity index (χ0) is 41.0. The molecule has 5 unspecified atom stereocenters. The number of alkyl carbamates (subject to hydrolysis) is 1. The SMILES string of the molecule is CCC(C)C(C(=O)NC(Cc1ccccc1)C(O)CN(Cc1ccc(C)c(C)c1)NC(=O)CC(C)(C)CNC(=O)OC)C1CNC(=O)N1Cc1cccc(C)n1. The summed E-state index contributed by atoms with van der Waals surface area (Å²) in [7, 11) is 1.29. The third-order valence-electron chi connectivity index (χ3n) is 10.6. The van der Waals surface area contributed by atoms with Crippen LogP contribution in [0.15, 0.2) is 66.7 Å². The number of aryl methyl sites for hydroxylation is 3. The molecule has 1 aliphatic rings. The van der Waals surface area contributed by atoms with Gasteiger partial charge in [-0.05, 0) is 72.9 Å². The molecule has 0 bridgehead atoms. The van der Waals surface area contributed by atoms with Gasteiger partial charge in [-0.3, -0.25) is 20.0 Å². The Kier molecular flexibility index (Phi) is 15.8. The van der Waals surface area contributed by atoms with E-state index in [1.807, 2.05) is 109 Å². The molecule has 13 heteroatoms. The number of aliphatic hydroxyl groups is 1. The van der Waals surface area contributed by atoms with Crippen molar-refractivity contribution in [3.8, 4) is 0 Å². The maximum atomic E-state index is 14.6. The lowest BCUT2D eigenvalue weighted by Crippen LogP contribution is -2.56. The molecular weight excluding hydrogens is 711 g/mol. The summed E-state index contributed by atoms with van der Waals surface area (Å²) in [5, 5.41) is 22.6. The first-order valence-corrected chi connectivity index (χ1v) is 19.5. The summed E-state index contributed by atoms with van der Waals surface area (Å²) in [6.07, 6.45) is -0.579. The molecule has 56 heavy (non-hydrogen) atoms. The van der Waals surface area contributed by atoms with E-state index < -0.39 is 35.6 Å². The maximum Gasteiger partial charge on any atom is 0.406 e. The van der Waals surface area contributed by atoms with Crippen molar-refractivity contribution in [2.45, 2.75) is 99.0 Å². The molecule has 1 saturated heterocycles. The van der Waals surface area contributed by atoms with Crippen LogP contribution in [0.1, 0.15) is 74.2 Å². The molecule has 5 amide bonds. The van der Waals surface area contributed by atoms with Crippen molar-refractivity contribution in [1.82, 2.24) is 36.3 Å². The molecule has 3 aromatic rings. The minimum atomic E-state index is -1.12. The van der Waals surface area contributed by atoms with Crippen molar-refractivity contribution < 1.29 is 29.0 Å². The van der Waals surface area contributed by atoms with Gasteiger partial charge < -0.3 is 30.7 Å². The highest BCUT2D eigenvalue weighted by Crippen LogP contribution is 2.28. The van der Waals surface area contributed by atoms with Crippen LogP contribution in [0.5, 0.6) is 0 Å². The first kappa shape index (κ1) is 43.7. The molecule has 1 aliphatic heterocycles. The van der Waals surface area contributed by atoms with Crippen LogP contribution in [0.3, 0.4) is 0 Å². The van der Waals surface area contributed by atoms with Gasteiger partial charge >= 0.3 is 12.1 Å². The van der Waals surface area contributed by atoms with Crippen LogP contribution in [-0.2, 0) is 33.8 Å². The molecule has 1 fully saturated rings. The number of aliphatic hydroxyl groups excluding tert-OH is 1. The highest BCUT2D eigenvalue weighted by atomic mass is 16.5. The van der Waals surface area contributed by atoms with Gasteiger partial charge in [0.15, 0.2) is 0 Å². The molecule has 0 spiro atoms. The average Bonchev–Trinajstić information content (AvgIpc) is 3.50. The van der Waals surface area contributed by atoms with E-state index >= 15 is 0 Å². The molecule has 0 radical (unpaired) electrons. The van der Waals surface area contributed by atoms with Crippen molar-refractivity contribution >= 4 is 23.9 Å². The third kappa shape index (κ3) is 12.8. The summed E-state index contributed by atoms with van der Waals surface area (Å²) < 4.78 is 4.70. The fourth-order valence-corrected chi connectivity index (χ4v) is 7.14. The van der Waals surface area contributed by atoms with E-state index in [0.29, 0.717) is 25.9 Å². The number of ether oxygens (including phenoxy) is 1. The van der Waals surface area contributed by atoms with Crippen LogP contribution in [-0.4, -0.2) is 88.9 Å². The number of amides is 5. The van der Waals surface area contributed by atoms with Gasteiger partial charge in [-0.2, -0.15) is 0 Å². The van der Waals surface area contributed by atoms with E-state index in [2.05, 4.69) is 32.4 Å². The number of rotatable bonds is 19. The number of methoxy groups -OCH3 is 1.